The van der Waals surface area contributed by atoms with Crippen LogP contribution < -0.4 is 20.1 Å². The molecule has 4 aromatic rings. The number of ether oxygens (including phenoxy) is 2. The van der Waals surface area contributed by atoms with Gasteiger partial charge in [-0.15, -0.1) is 5.10 Å². The molecule has 0 bridgehead atoms. The molecule has 9 nitrogen and oxygen atoms in total. The fourth-order valence-corrected chi connectivity index (χ4v) is 4.94. The number of hydrogen-bond acceptors (Lipinski definition) is 8. The molecule has 198 valence electrons. The standard InChI is InChI=1S/C27H29BrN6O3S/c1-3-36-24-16-20(15-23(28)26(24)37-18-25(35)30-21-11-9-19(2)10-12-21)17-29-13-14-38-27-31-32-33-34(27)22-7-5-4-6-8-22/h4-12,15-16,29H,3,13-14,17-18H2,1-2H3,(H,30,35). The van der Waals surface area contributed by atoms with Gasteiger partial charge >= 0.3 is 0 Å². The minimum Gasteiger partial charge on any atom is -0.490 e. The Kier molecular flexibility index (Phi) is 10.1. The second kappa shape index (κ2) is 13.9. The maximum atomic E-state index is 12.4. The van der Waals surface area contributed by atoms with Crippen LogP contribution in [0, 0.1) is 6.92 Å². The highest BCUT2D eigenvalue weighted by atomic mass is 79.9. The van der Waals surface area contributed by atoms with Crippen LogP contribution in [0.1, 0.15) is 18.1 Å². The summed E-state index contributed by atoms with van der Waals surface area (Å²) < 4.78 is 14.1. The Hall–Kier alpha value is -3.41. The normalized spacial score (nSPS) is 10.8. The molecule has 0 unspecified atom stereocenters. The van der Waals surface area contributed by atoms with E-state index < -0.39 is 0 Å². The van der Waals surface area contributed by atoms with Gasteiger partial charge in [0, 0.05) is 24.5 Å². The molecule has 0 radical (unpaired) electrons. The van der Waals surface area contributed by atoms with Crippen molar-refractivity contribution in [3.8, 4) is 17.2 Å². The lowest BCUT2D eigenvalue weighted by molar-refractivity contribution is -0.118. The molecule has 0 saturated carbocycles. The molecular weight excluding hydrogens is 568 g/mol. The first-order valence-electron chi connectivity index (χ1n) is 12.2. The topological polar surface area (TPSA) is 103 Å². The molecule has 2 N–H and O–H groups in total. The van der Waals surface area contributed by atoms with Gasteiger partial charge in [-0.3, -0.25) is 4.79 Å². The number of benzene rings is 3. The molecule has 1 aromatic heterocycles. The van der Waals surface area contributed by atoms with Crippen molar-refractivity contribution < 1.29 is 14.3 Å². The van der Waals surface area contributed by atoms with Gasteiger partial charge in [-0.1, -0.05) is 47.7 Å². The highest BCUT2D eigenvalue weighted by molar-refractivity contribution is 9.10. The van der Waals surface area contributed by atoms with Crippen molar-refractivity contribution in [2.24, 2.45) is 0 Å². The largest absolute Gasteiger partial charge is 0.490 e. The molecule has 0 aliphatic heterocycles. The number of carbonyl (C=O) groups excluding carboxylic acids is 1. The second-order valence-electron chi connectivity index (χ2n) is 8.27. The maximum Gasteiger partial charge on any atom is 0.262 e. The molecule has 1 heterocycles. The summed E-state index contributed by atoms with van der Waals surface area (Å²) in [7, 11) is 0. The third-order valence-electron chi connectivity index (χ3n) is 5.33. The number of tetrazole rings is 1. The summed E-state index contributed by atoms with van der Waals surface area (Å²) >= 11 is 5.16. The smallest absolute Gasteiger partial charge is 0.262 e. The van der Waals surface area contributed by atoms with Crippen LogP contribution in [0.2, 0.25) is 0 Å². The number of nitrogens with one attached hydrogen (secondary N) is 2. The van der Waals surface area contributed by atoms with Gasteiger partial charge in [0.2, 0.25) is 5.16 Å². The SMILES string of the molecule is CCOc1cc(CNCCSc2nnnn2-c2ccccc2)cc(Br)c1OCC(=O)Nc1ccc(C)cc1. The second-order valence-corrected chi connectivity index (χ2v) is 10.2. The summed E-state index contributed by atoms with van der Waals surface area (Å²) in [6, 6.07) is 21.3. The van der Waals surface area contributed by atoms with Gasteiger partial charge in [0.25, 0.3) is 5.91 Å². The van der Waals surface area contributed by atoms with Crippen molar-refractivity contribution in [3.63, 3.8) is 0 Å². The van der Waals surface area contributed by atoms with Crippen LogP contribution in [0.4, 0.5) is 5.69 Å². The Morgan fingerprint density at radius 2 is 1.87 bits per heavy atom. The zero-order chi connectivity index (χ0) is 26.7. The molecule has 0 fully saturated rings. The number of carbonyl (C=O) groups is 1. The number of rotatable bonds is 13. The lowest BCUT2D eigenvalue weighted by Gasteiger charge is -2.16. The third kappa shape index (κ3) is 7.80. The van der Waals surface area contributed by atoms with Crippen molar-refractivity contribution in [1.82, 2.24) is 25.5 Å². The molecule has 1 amide bonds. The minimum atomic E-state index is -0.246. The molecule has 0 aliphatic carbocycles. The van der Waals surface area contributed by atoms with E-state index in [1.54, 1.807) is 16.4 Å². The summed E-state index contributed by atoms with van der Waals surface area (Å²) in [5.74, 6) is 1.63. The van der Waals surface area contributed by atoms with Crippen molar-refractivity contribution in [2.45, 2.75) is 25.5 Å². The number of thioether (sulfide) groups is 1. The van der Waals surface area contributed by atoms with Gasteiger partial charge in [-0.25, -0.2) is 0 Å². The number of aromatic nitrogens is 4. The fourth-order valence-electron chi connectivity index (χ4n) is 3.55. The van der Waals surface area contributed by atoms with Crippen molar-refractivity contribution >= 4 is 39.3 Å². The molecule has 0 saturated heterocycles. The predicted octanol–water partition coefficient (Wildman–Crippen LogP) is 5.03. The van der Waals surface area contributed by atoms with E-state index >= 15 is 0 Å². The zero-order valence-corrected chi connectivity index (χ0v) is 23.6. The summed E-state index contributed by atoms with van der Waals surface area (Å²) in [6.07, 6.45) is 0. The van der Waals surface area contributed by atoms with Crippen LogP contribution in [0.3, 0.4) is 0 Å². The van der Waals surface area contributed by atoms with Gasteiger partial charge in [-0.2, -0.15) is 4.68 Å². The lowest BCUT2D eigenvalue weighted by atomic mass is 10.2. The minimum absolute atomic E-state index is 0.135. The fraction of sp³-hybridized carbons (Fsp3) is 0.259. The number of aryl methyl sites for hydroxylation is 1. The molecular formula is C27H29BrN6O3S. The summed E-state index contributed by atoms with van der Waals surface area (Å²) in [5, 5.41) is 19.0. The van der Waals surface area contributed by atoms with E-state index in [1.165, 1.54) is 0 Å². The Labute approximate surface area is 234 Å². The van der Waals surface area contributed by atoms with Gasteiger partial charge in [0.1, 0.15) is 0 Å². The average Bonchev–Trinajstić information content (AvgIpc) is 3.39. The van der Waals surface area contributed by atoms with E-state index in [4.69, 9.17) is 9.47 Å². The Bertz CT molecular complexity index is 1330. The Morgan fingerprint density at radius 1 is 1.08 bits per heavy atom. The summed E-state index contributed by atoms with van der Waals surface area (Å²) in [5.41, 5.74) is 3.80. The highest BCUT2D eigenvalue weighted by Crippen LogP contribution is 2.37. The first-order chi connectivity index (χ1) is 18.5. The number of para-hydroxylation sites is 1. The van der Waals surface area contributed by atoms with E-state index in [-0.39, 0.29) is 12.5 Å². The van der Waals surface area contributed by atoms with Crippen LogP contribution >= 0.6 is 27.7 Å². The van der Waals surface area contributed by atoms with Crippen LogP contribution in [-0.2, 0) is 11.3 Å². The van der Waals surface area contributed by atoms with E-state index in [9.17, 15) is 4.79 Å². The van der Waals surface area contributed by atoms with Crippen LogP contribution in [0.25, 0.3) is 5.69 Å². The van der Waals surface area contributed by atoms with Gasteiger partial charge in [0.15, 0.2) is 18.1 Å². The first-order valence-corrected chi connectivity index (χ1v) is 13.9. The quantitative estimate of drug-likeness (QED) is 0.164. The average molecular weight is 598 g/mol. The van der Waals surface area contributed by atoms with E-state index in [0.29, 0.717) is 24.7 Å². The highest BCUT2D eigenvalue weighted by Gasteiger charge is 2.15. The van der Waals surface area contributed by atoms with E-state index in [0.717, 1.165) is 44.4 Å². The Balaban J connectivity index is 1.28. The number of nitrogens with zero attached hydrogens (tertiary/aromatic N) is 4. The number of amides is 1. The third-order valence-corrected chi connectivity index (χ3v) is 6.84. The maximum absolute atomic E-state index is 12.4. The van der Waals surface area contributed by atoms with Crippen LogP contribution in [0.15, 0.2) is 76.4 Å². The molecule has 0 aliphatic rings. The molecule has 4 rings (SSSR count). The van der Waals surface area contributed by atoms with Crippen molar-refractivity contribution in [1.29, 1.82) is 0 Å². The molecule has 3 aromatic carbocycles. The predicted molar refractivity (Wildman–Crippen MR) is 152 cm³/mol. The van der Waals surface area contributed by atoms with E-state index in [1.807, 2.05) is 80.6 Å². The number of halogens is 1. The molecule has 11 heteroatoms. The Morgan fingerprint density at radius 3 is 2.63 bits per heavy atom. The van der Waals surface area contributed by atoms with Gasteiger partial charge < -0.3 is 20.1 Å². The zero-order valence-electron chi connectivity index (χ0n) is 21.2. The molecule has 38 heavy (non-hydrogen) atoms. The monoisotopic (exact) mass is 596 g/mol. The number of hydrogen-bond donors (Lipinski definition) is 2. The lowest BCUT2D eigenvalue weighted by Crippen LogP contribution is -2.20. The van der Waals surface area contributed by atoms with Gasteiger partial charge in [0.05, 0.1) is 16.8 Å². The summed E-state index contributed by atoms with van der Waals surface area (Å²) in [4.78, 5) is 12.4. The van der Waals surface area contributed by atoms with Crippen molar-refractivity contribution in [2.75, 3.05) is 30.8 Å². The van der Waals surface area contributed by atoms with Crippen LogP contribution in [-0.4, -0.2) is 51.6 Å². The first kappa shape index (κ1) is 27.6. The number of anilines is 1. The van der Waals surface area contributed by atoms with Crippen molar-refractivity contribution in [3.05, 3.63) is 82.3 Å². The van der Waals surface area contributed by atoms with Crippen LogP contribution in [0.5, 0.6) is 11.5 Å². The molecule has 0 atom stereocenters. The van der Waals surface area contributed by atoms with E-state index in [2.05, 4.69) is 42.1 Å². The summed E-state index contributed by atoms with van der Waals surface area (Å²) in [6.45, 7) is 5.64. The van der Waals surface area contributed by atoms with Gasteiger partial charge in [-0.05, 0) is 82.2 Å². The molecule has 0 spiro atoms.